The van der Waals surface area contributed by atoms with Gasteiger partial charge in [0.25, 0.3) is 0 Å². The highest BCUT2D eigenvalue weighted by atomic mass is 32.1. The average Bonchev–Trinajstić information content (AvgIpc) is 2.31. The Balaban J connectivity index is 2.45. The molecule has 1 rings (SSSR count). The Morgan fingerprint density at radius 3 is 2.73 bits per heavy atom. The zero-order chi connectivity index (χ0) is 8.27. The molecule has 0 N–H and O–H groups in total. The van der Waals surface area contributed by atoms with Crippen LogP contribution in [0.5, 0.6) is 0 Å². The van der Waals surface area contributed by atoms with Crippen molar-refractivity contribution < 1.29 is 4.79 Å². The third kappa shape index (κ3) is 2.76. The van der Waals surface area contributed by atoms with E-state index >= 15 is 0 Å². The van der Waals surface area contributed by atoms with Gasteiger partial charge >= 0.3 is 0 Å². The number of carbonyl (C=O) groups excluding carboxylic acids is 1. The van der Waals surface area contributed by atoms with Gasteiger partial charge in [0.1, 0.15) is 15.8 Å². The summed E-state index contributed by atoms with van der Waals surface area (Å²) in [6.07, 6.45) is 1.31. The van der Waals surface area contributed by atoms with E-state index in [-0.39, 0.29) is 5.78 Å². The molecule has 0 aliphatic carbocycles. The molecule has 0 aliphatic heterocycles. The SMILES string of the molecule is CC(=O)CCc1nnc(C)s1. The van der Waals surface area contributed by atoms with Crippen molar-refractivity contribution in [1.29, 1.82) is 0 Å². The number of aromatic nitrogens is 2. The Morgan fingerprint density at radius 1 is 1.55 bits per heavy atom. The van der Waals surface area contributed by atoms with Crippen molar-refractivity contribution in [2.24, 2.45) is 0 Å². The minimum Gasteiger partial charge on any atom is -0.300 e. The van der Waals surface area contributed by atoms with Crippen molar-refractivity contribution in [3.63, 3.8) is 0 Å². The molecule has 0 aliphatic rings. The molecular weight excluding hydrogens is 160 g/mol. The van der Waals surface area contributed by atoms with Crippen LogP contribution in [0.2, 0.25) is 0 Å². The van der Waals surface area contributed by atoms with Gasteiger partial charge in [-0.05, 0) is 13.8 Å². The summed E-state index contributed by atoms with van der Waals surface area (Å²) in [4.78, 5) is 10.6. The minimum atomic E-state index is 0.206. The van der Waals surface area contributed by atoms with Crippen molar-refractivity contribution in [3.05, 3.63) is 10.0 Å². The molecule has 0 amide bonds. The molecule has 3 nitrogen and oxygen atoms in total. The van der Waals surface area contributed by atoms with Crippen molar-refractivity contribution in [2.75, 3.05) is 0 Å². The second kappa shape index (κ2) is 3.57. The van der Waals surface area contributed by atoms with Gasteiger partial charge in [0, 0.05) is 12.8 Å². The van der Waals surface area contributed by atoms with E-state index in [1.807, 2.05) is 6.92 Å². The Labute approximate surface area is 69.5 Å². The summed E-state index contributed by atoms with van der Waals surface area (Å²) in [6.45, 7) is 3.50. The van der Waals surface area contributed by atoms with E-state index in [0.717, 1.165) is 16.4 Å². The number of nitrogens with zero attached hydrogens (tertiary/aromatic N) is 2. The van der Waals surface area contributed by atoms with Gasteiger partial charge in [-0.2, -0.15) is 0 Å². The van der Waals surface area contributed by atoms with Crippen LogP contribution in [-0.4, -0.2) is 16.0 Å². The lowest BCUT2D eigenvalue weighted by atomic mass is 10.2. The summed E-state index contributed by atoms with van der Waals surface area (Å²) < 4.78 is 0. The number of rotatable bonds is 3. The molecule has 1 aromatic heterocycles. The van der Waals surface area contributed by atoms with Crippen molar-refractivity contribution >= 4 is 17.1 Å². The molecule has 0 saturated heterocycles. The fraction of sp³-hybridized carbons (Fsp3) is 0.571. The predicted octanol–water partition coefficient (Wildman–Crippen LogP) is 1.37. The van der Waals surface area contributed by atoms with Gasteiger partial charge in [-0.3, -0.25) is 0 Å². The highest BCUT2D eigenvalue weighted by molar-refractivity contribution is 7.11. The van der Waals surface area contributed by atoms with Crippen molar-refractivity contribution in [2.45, 2.75) is 26.7 Å². The maximum Gasteiger partial charge on any atom is 0.130 e. The number of hydrogen-bond acceptors (Lipinski definition) is 4. The van der Waals surface area contributed by atoms with Crippen molar-refractivity contribution in [3.8, 4) is 0 Å². The molecule has 1 heterocycles. The lowest BCUT2D eigenvalue weighted by Crippen LogP contribution is -1.93. The van der Waals surface area contributed by atoms with E-state index in [2.05, 4.69) is 10.2 Å². The first kappa shape index (κ1) is 8.33. The first-order valence-corrected chi connectivity index (χ1v) is 4.28. The standard InChI is InChI=1S/C7H10N2OS/c1-5(10)3-4-7-9-8-6(2)11-7/h3-4H2,1-2H3. The molecule has 0 radical (unpaired) electrons. The first-order valence-electron chi connectivity index (χ1n) is 3.47. The molecule has 0 fully saturated rings. The Kier molecular flexibility index (Phi) is 2.70. The predicted molar refractivity (Wildman–Crippen MR) is 43.6 cm³/mol. The van der Waals surface area contributed by atoms with Crippen LogP contribution in [0.1, 0.15) is 23.4 Å². The smallest absolute Gasteiger partial charge is 0.130 e. The van der Waals surface area contributed by atoms with Crippen LogP contribution < -0.4 is 0 Å². The van der Waals surface area contributed by atoms with E-state index in [1.54, 1.807) is 18.3 Å². The summed E-state index contributed by atoms with van der Waals surface area (Å²) in [7, 11) is 0. The largest absolute Gasteiger partial charge is 0.300 e. The third-order valence-corrected chi connectivity index (χ3v) is 2.16. The van der Waals surface area contributed by atoms with E-state index in [0.29, 0.717) is 6.42 Å². The van der Waals surface area contributed by atoms with Gasteiger partial charge in [0.15, 0.2) is 0 Å². The highest BCUT2D eigenvalue weighted by Crippen LogP contribution is 2.09. The van der Waals surface area contributed by atoms with Crippen LogP contribution >= 0.6 is 11.3 Å². The lowest BCUT2D eigenvalue weighted by molar-refractivity contribution is -0.116. The van der Waals surface area contributed by atoms with Gasteiger partial charge < -0.3 is 4.79 Å². The molecule has 0 atom stereocenters. The Hall–Kier alpha value is -0.770. The van der Waals surface area contributed by atoms with E-state index < -0.39 is 0 Å². The monoisotopic (exact) mass is 170 g/mol. The van der Waals surface area contributed by atoms with Crippen LogP contribution in [-0.2, 0) is 11.2 Å². The number of ketones is 1. The summed E-state index contributed by atoms with van der Waals surface area (Å²) >= 11 is 1.56. The quantitative estimate of drug-likeness (QED) is 0.688. The lowest BCUT2D eigenvalue weighted by Gasteiger charge is -1.88. The molecule has 4 heteroatoms. The summed E-state index contributed by atoms with van der Waals surface area (Å²) in [5.74, 6) is 0.206. The van der Waals surface area contributed by atoms with Crippen LogP contribution in [0, 0.1) is 6.92 Å². The molecule has 11 heavy (non-hydrogen) atoms. The van der Waals surface area contributed by atoms with Gasteiger partial charge in [0.2, 0.25) is 0 Å². The van der Waals surface area contributed by atoms with Gasteiger partial charge in [-0.25, -0.2) is 0 Å². The molecule has 1 aromatic rings. The third-order valence-electron chi connectivity index (χ3n) is 1.26. The van der Waals surface area contributed by atoms with Crippen LogP contribution in [0.25, 0.3) is 0 Å². The van der Waals surface area contributed by atoms with Gasteiger partial charge in [0.05, 0.1) is 0 Å². The zero-order valence-electron chi connectivity index (χ0n) is 6.63. The average molecular weight is 170 g/mol. The van der Waals surface area contributed by atoms with Gasteiger partial charge in [-0.15, -0.1) is 21.5 Å². The molecular formula is C7H10N2OS. The molecule has 60 valence electrons. The van der Waals surface area contributed by atoms with Crippen molar-refractivity contribution in [1.82, 2.24) is 10.2 Å². The normalized spacial score (nSPS) is 10.0. The fourth-order valence-electron chi connectivity index (χ4n) is 0.721. The second-order valence-corrected chi connectivity index (χ2v) is 3.68. The maximum atomic E-state index is 10.6. The second-order valence-electron chi connectivity index (χ2n) is 2.42. The molecule has 0 spiro atoms. The number of carbonyl (C=O) groups is 1. The summed E-state index contributed by atoms with van der Waals surface area (Å²) in [5.41, 5.74) is 0. The first-order chi connectivity index (χ1) is 5.18. The molecule has 0 bridgehead atoms. The van der Waals surface area contributed by atoms with Crippen LogP contribution in [0.15, 0.2) is 0 Å². The summed E-state index contributed by atoms with van der Waals surface area (Å²) in [5, 5.41) is 9.67. The summed E-state index contributed by atoms with van der Waals surface area (Å²) in [6, 6.07) is 0. The maximum absolute atomic E-state index is 10.6. The molecule has 0 unspecified atom stereocenters. The zero-order valence-corrected chi connectivity index (χ0v) is 7.44. The topological polar surface area (TPSA) is 42.9 Å². The van der Waals surface area contributed by atoms with E-state index in [9.17, 15) is 4.79 Å². The van der Waals surface area contributed by atoms with Crippen LogP contribution in [0.4, 0.5) is 0 Å². The van der Waals surface area contributed by atoms with E-state index in [1.165, 1.54) is 0 Å². The molecule has 0 aromatic carbocycles. The number of Topliss-reactive ketones (excluding diaryl/α,β-unsaturated/α-hetero) is 1. The Morgan fingerprint density at radius 2 is 2.27 bits per heavy atom. The minimum absolute atomic E-state index is 0.206. The number of aryl methyl sites for hydroxylation is 2. The van der Waals surface area contributed by atoms with Gasteiger partial charge in [-0.1, -0.05) is 0 Å². The highest BCUT2D eigenvalue weighted by Gasteiger charge is 2.01. The van der Waals surface area contributed by atoms with Crippen LogP contribution in [0.3, 0.4) is 0 Å². The van der Waals surface area contributed by atoms with E-state index in [4.69, 9.17) is 0 Å². The fourth-order valence-corrected chi connectivity index (χ4v) is 1.43. The molecule has 0 saturated carbocycles. The number of hydrogen-bond donors (Lipinski definition) is 0. The Bertz CT molecular complexity index is 257.